The normalized spacial score (nSPS) is 10.9. The maximum atomic E-state index is 13.5. The van der Waals surface area contributed by atoms with Crippen molar-refractivity contribution in [2.75, 3.05) is 5.32 Å². The van der Waals surface area contributed by atoms with Crippen LogP contribution in [0, 0.1) is 5.82 Å². The molecule has 0 atom stereocenters. The van der Waals surface area contributed by atoms with E-state index in [1.54, 1.807) is 24.3 Å². The predicted molar refractivity (Wildman–Crippen MR) is 85.5 cm³/mol. The van der Waals surface area contributed by atoms with Gasteiger partial charge in [-0.25, -0.2) is 4.39 Å². The minimum atomic E-state index is -0.598. The number of carbonyl (C=O) groups is 1. The van der Waals surface area contributed by atoms with Crippen LogP contribution in [-0.4, -0.2) is 5.91 Å². The van der Waals surface area contributed by atoms with Gasteiger partial charge in [0.15, 0.2) is 0 Å². The van der Waals surface area contributed by atoms with Crippen LogP contribution in [0.3, 0.4) is 0 Å². The lowest BCUT2D eigenvalue weighted by atomic mass is 10.2. The second kappa shape index (κ2) is 6.94. The Labute approximate surface area is 136 Å². The Morgan fingerprint density at radius 2 is 1.81 bits per heavy atom. The van der Waals surface area contributed by atoms with Gasteiger partial charge in [-0.15, -0.1) is 0 Å². The highest BCUT2D eigenvalue weighted by molar-refractivity contribution is 6.42. The standard InChI is InChI=1S/C15H9Cl3FNO/c16-10-3-5-14(13(19)8-10)20-15(21)6-2-9-1-4-11(17)12(18)7-9/h1-8H,(H,20,21)/b6-2+. The van der Waals surface area contributed by atoms with E-state index in [1.807, 2.05) is 0 Å². The molecule has 21 heavy (non-hydrogen) atoms. The lowest BCUT2D eigenvalue weighted by Gasteiger charge is -2.04. The highest BCUT2D eigenvalue weighted by Gasteiger charge is 2.05. The molecule has 2 rings (SSSR count). The molecular formula is C15H9Cl3FNO. The van der Waals surface area contributed by atoms with Crippen molar-refractivity contribution in [2.24, 2.45) is 0 Å². The highest BCUT2D eigenvalue weighted by atomic mass is 35.5. The van der Waals surface area contributed by atoms with Crippen molar-refractivity contribution in [1.29, 1.82) is 0 Å². The van der Waals surface area contributed by atoms with Crippen LogP contribution in [0.5, 0.6) is 0 Å². The summed E-state index contributed by atoms with van der Waals surface area (Å²) >= 11 is 17.3. The number of amides is 1. The Morgan fingerprint density at radius 1 is 1.05 bits per heavy atom. The summed E-state index contributed by atoms with van der Waals surface area (Å²) in [6, 6.07) is 8.96. The quantitative estimate of drug-likeness (QED) is 0.738. The van der Waals surface area contributed by atoms with E-state index in [0.717, 1.165) is 6.07 Å². The van der Waals surface area contributed by atoms with E-state index in [2.05, 4.69) is 5.32 Å². The average Bonchev–Trinajstić information content (AvgIpc) is 2.43. The number of anilines is 1. The molecule has 0 heterocycles. The first kappa shape index (κ1) is 15.8. The summed E-state index contributed by atoms with van der Waals surface area (Å²) in [5.74, 6) is -1.07. The molecule has 2 aromatic carbocycles. The largest absolute Gasteiger partial charge is 0.320 e. The first-order chi connectivity index (χ1) is 9.95. The fourth-order valence-electron chi connectivity index (χ4n) is 1.55. The SMILES string of the molecule is O=C(/C=C/c1ccc(Cl)c(Cl)c1)Nc1ccc(Cl)cc1F. The molecule has 1 N–H and O–H groups in total. The monoisotopic (exact) mass is 343 g/mol. The molecule has 0 aromatic heterocycles. The molecule has 0 saturated heterocycles. The van der Waals surface area contributed by atoms with E-state index in [4.69, 9.17) is 34.8 Å². The predicted octanol–water partition coefficient (Wildman–Crippen LogP) is 5.44. The summed E-state index contributed by atoms with van der Waals surface area (Å²) < 4.78 is 13.5. The zero-order valence-corrected chi connectivity index (χ0v) is 12.8. The third-order valence-corrected chi connectivity index (χ3v) is 3.53. The fraction of sp³-hybridized carbons (Fsp3) is 0. The average molecular weight is 345 g/mol. The third kappa shape index (κ3) is 4.46. The molecule has 0 aliphatic carbocycles. The van der Waals surface area contributed by atoms with Gasteiger partial charge in [0.05, 0.1) is 15.7 Å². The Balaban J connectivity index is 2.07. The van der Waals surface area contributed by atoms with Crippen molar-refractivity contribution in [2.45, 2.75) is 0 Å². The first-order valence-corrected chi connectivity index (χ1v) is 6.98. The highest BCUT2D eigenvalue weighted by Crippen LogP contribution is 2.23. The summed E-state index contributed by atoms with van der Waals surface area (Å²) in [5.41, 5.74) is 0.763. The summed E-state index contributed by atoms with van der Waals surface area (Å²) in [5, 5.41) is 3.50. The maximum Gasteiger partial charge on any atom is 0.248 e. The van der Waals surface area contributed by atoms with Gasteiger partial charge in [-0.2, -0.15) is 0 Å². The van der Waals surface area contributed by atoms with Gasteiger partial charge in [0.25, 0.3) is 0 Å². The number of halogens is 4. The van der Waals surface area contributed by atoms with Crippen molar-refractivity contribution in [1.82, 2.24) is 0 Å². The summed E-state index contributed by atoms with van der Waals surface area (Å²) in [7, 11) is 0. The molecule has 0 bridgehead atoms. The van der Waals surface area contributed by atoms with E-state index < -0.39 is 11.7 Å². The van der Waals surface area contributed by atoms with Gasteiger partial charge in [-0.3, -0.25) is 4.79 Å². The Bertz CT molecular complexity index is 716. The van der Waals surface area contributed by atoms with E-state index >= 15 is 0 Å². The van der Waals surface area contributed by atoms with Crippen LogP contribution in [0.25, 0.3) is 6.08 Å². The number of benzene rings is 2. The van der Waals surface area contributed by atoms with Gasteiger partial charge in [-0.05, 0) is 42.0 Å². The molecule has 0 saturated carbocycles. The first-order valence-electron chi connectivity index (χ1n) is 5.85. The number of rotatable bonds is 3. The second-order valence-electron chi connectivity index (χ2n) is 4.12. The van der Waals surface area contributed by atoms with Gasteiger partial charge in [0, 0.05) is 11.1 Å². The van der Waals surface area contributed by atoms with Crippen LogP contribution in [0.1, 0.15) is 5.56 Å². The Kier molecular flexibility index (Phi) is 5.23. The molecule has 2 aromatic rings. The molecule has 6 heteroatoms. The Hall–Kier alpha value is -1.55. The molecular weight excluding hydrogens is 336 g/mol. The van der Waals surface area contributed by atoms with Crippen molar-refractivity contribution in [3.05, 3.63) is 68.9 Å². The Morgan fingerprint density at radius 3 is 2.48 bits per heavy atom. The van der Waals surface area contributed by atoms with Crippen LogP contribution in [0.4, 0.5) is 10.1 Å². The minimum Gasteiger partial charge on any atom is -0.320 e. The van der Waals surface area contributed by atoms with E-state index in [-0.39, 0.29) is 10.7 Å². The van der Waals surface area contributed by atoms with Crippen LogP contribution in [0.15, 0.2) is 42.5 Å². The molecule has 0 aliphatic rings. The lowest BCUT2D eigenvalue weighted by Crippen LogP contribution is -2.09. The zero-order valence-electron chi connectivity index (χ0n) is 10.5. The van der Waals surface area contributed by atoms with Crippen molar-refractivity contribution < 1.29 is 9.18 Å². The number of nitrogens with one attached hydrogen (secondary N) is 1. The molecule has 108 valence electrons. The molecule has 0 aliphatic heterocycles. The molecule has 0 unspecified atom stereocenters. The topological polar surface area (TPSA) is 29.1 Å². The fourth-order valence-corrected chi connectivity index (χ4v) is 2.02. The second-order valence-corrected chi connectivity index (χ2v) is 5.37. The molecule has 2 nitrogen and oxygen atoms in total. The number of hydrogen-bond acceptors (Lipinski definition) is 1. The van der Waals surface area contributed by atoms with E-state index in [1.165, 1.54) is 18.2 Å². The molecule has 0 fully saturated rings. The van der Waals surface area contributed by atoms with E-state index in [9.17, 15) is 9.18 Å². The third-order valence-electron chi connectivity index (χ3n) is 2.56. The minimum absolute atomic E-state index is 0.0585. The van der Waals surface area contributed by atoms with Gasteiger partial charge in [-0.1, -0.05) is 40.9 Å². The summed E-state index contributed by atoms with van der Waals surface area (Å²) in [6.45, 7) is 0. The van der Waals surface area contributed by atoms with Crippen molar-refractivity contribution in [3.63, 3.8) is 0 Å². The van der Waals surface area contributed by atoms with Crippen molar-refractivity contribution in [3.8, 4) is 0 Å². The van der Waals surface area contributed by atoms with Gasteiger partial charge in [0.2, 0.25) is 5.91 Å². The van der Waals surface area contributed by atoms with E-state index in [0.29, 0.717) is 15.6 Å². The van der Waals surface area contributed by atoms with Crippen LogP contribution < -0.4 is 5.32 Å². The molecule has 0 spiro atoms. The van der Waals surface area contributed by atoms with Crippen LogP contribution in [0.2, 0.25) is 15.1 Å². The number of hydrogen-bond donors (Lipinski definition) is 1. The van der Waals surface area contributed by atoms with Crippen LogP contribution in [-0.2, 0) is 4.79 Å². The number of carbonyl (C=O) groups excluding carboxylic acids is 1. The van der Waals surface area contributed by atoms with Crippen LogP contribution >= 0.6 is 34.8 Å². The van der Waals surface area contributed by atoms with Gasteiger partial charge in [0.1, 0.15) is 5.82 Å². The van der Waals surface area contributed by atoms with Crippen molar-refractivity contribution >= 4 is 52.5 Å². The smallest absolute Gasteiger partial charge is 0.248 e. The van der Waals surface area contributed by atoms with Gasteiger partial charge >= 0.3 is 0 Å². The lowest BCUT2D eigenvalue weighted by molar-refractivity contribution is -0.111. The maximum absolute atomic E-state index is 13.5. The molecule has 1 amide bonds. The van der Waals surface area contributed by atoms with Gasteiger partial charge < -0.3 is 5.32 Å². The summed E-state index contributed by atoms with van der Waals surface area (Å²) in [4.78, 5) is 11.7. The zero-order chi connectivity index (χ0) is 15.4. The summed E-state index contributed by atoms with van der Waals surface area (Å²) in [6.07, 6.45) is 2.82. The molecule has 0 radical (unpaired) electrons.